The summed E-state index contributed by atoms with van der Waals surface area (Å²) in [6.45, 7) is 6.50. The van der Waals surface area contributed by atoms with E-state index in [4.69, 9.17) is 0 Å². The molecule has 1 aliphatic rings. The zero-order valence-electron chi connectivity index (χ0n) is 16.1. The van der Waals surface area contributed by atoms with Crippen LogP contribution < -0.4 is 0 Å². The van der Waals surface area contributed by atoms with Gasteiger partial charge < -0.3 is 14.5 Å². The Morgan fingerprint density at radius 2 is 2.07 bits per heavy atom. The first kappa shape index (κ1) is 16.3. The Bertz CT molecular complexity index is 1190. The molecule has 0 bridgehead atoms. The number of aromatic nitrogens is 3. The van der Waals surface area contributed by atoms with Crippen LogP contribution in [0, 0.1) is 6.92 Å². The molecule has 0 radical (unpaired) electrons. The van der Waals surface area contributed by atoms with E-state index in [1.807, 2.05) is 0 Å². The van der Waals surface area contributed by atoms with Crippen LogP contribution in [0.2, 0.25) is 0 Å². The van der Waals surface area contributed by atoms with E-state index in [0.717, 1.165) is 30.5 Å². The van der Waals surface area contributed by atoms with Crippen molar-refractivity contribution in [1.82, 2.24) is 19.4 Å². The minimum Gasteiger partial charge on any atom is -0.345 e. The molecule has 4 nitrogen and oxygen atoms in total. The number of H-pyrrole nitrogens is 1. The third-order valence-corrected chi connectivity index (χ3v) is 5.73. The maximum Gasteiger partial charge on any atom is 0.0931 e. The van der Waals surface area contributed by atoms with E-state index < -0.39 is 0 Å². The van der Waals surface area contributed by atoms with E-state index in [1.165, 1.54) is 38.9 Å². The number of benzene rings is 2. The molecule has 2 aromatic carbocycles. The molecular formula is C23H24N4. The molecule has 3 heterocycles. The fourth-order valence-corrected chi connectivity index (χ4v) is 4.24. The van der Waals surface area contributed by atoms with Crippen LogP contribution in [0.3, 0.4) is 0 Å². The molecule has 4 aromatic rings. The predicted octanol–water partition coefficient (Wildman–Crippen LogP) is 4.83. The van der Waals surface area contributed by atoms with Gasteiger partial charge in [-0.1, -0.05) is 17.7 Å². The molecule has 0 saturated heterocycles. The van der Waals surface area contributed by atoms with E-state index in [1.54, 1.807) is 6.33 Å². The van der Waals surface area contributed by atoms with E-state index in [2.05, 4.69) is 82.9 Å². The molecule has 4 heteroatoms. The lowest BCUT2D eigenvalue weighted by Gasteiger charge is -2.23. The molecule has 2 aromatic heterocycles. The maximum absolute atomic E-state index is 4.32. The molecule has 0 unspecified atom stereocenters. The second kappa shape index (κ2) is 6.10. The molecule has 0 atom stereocenters. The molecule has 1 N–H and O–H groups in total. The van der Waals surface area contributed by atoms with Gasteiger partial charge in [0.2, 0.25) is 0 Å². The molecule has 27 heavy (non-hydrogen) atoms. The van der Waals surface area contributed by atoms with Gasteiger partial charge in [0.25, 0.3) is 0 Å². The number of likely N-dealkylation sites (N-methyl/N-ethyl adjacent to an activating group) is 1. The van der Waals surface area contributed by atoms with Gasteiger partial charge in [-0.2, -0.15) is 0 Å². The summed E-state index contributed by atoms with van der Waals surface area (Å²) < 4.78 is 2.42. The van der Waals surface area contributed by atoms with Crippen LogP contribution in [0.1, 0.15) is 29.3 Å². The second-order valence-corrected chi connectivity index (χ2v) is 7.75. The highest BCUT2D eigenvalue weighted by molar-refractivity contribution is 5.91. The van der Waals surface area contributed by atoms with Gasteiger partial charge in [0.05, 0.1) is 22.9 Å². The lowest BCUT2D eigenvalue weighted by atomic mass is 10.0. The third-order valence-electron chi connectivity index (χ3n) is 5.73. The lowest BCUT2D eigenvalue weighted by molar-refractivity contribution is 0.312. The smallest absolute Gasteiger partial charge is 0.0931 e. The van der Waals surface area contributed by atoms with Crippen molar-refractivity contribution in [2.24, 2.45) is 0 Å². The quantitative estimate of drug-likeness (QED) is 0.558. The Hall–Kier alpha value is -2.85. The summed E-state index contributed by atoms with van der Waals surface area (Å²) in [4.78, 5) is 9.95. The van der Waals surface area contributed by atoms with Crippen molar-refractivity contribution < 1.29 is 0 Å². The predicted molar refractivity (Wildman–Crippen MR) is 113 cm³/mol. The van der Waals surface area contributed by atoms with Crippen molar-refractivity contribution >= 4 is 33.7 Å². The first-order valence-electron chi connectivity index (χ1n) is 9.53. The number of hydrogen-bond acceptors (Lipinski definition) is 2. The van der Waals surface area contributed by atoms with Crippen LogP contribution in [-0.2, 0) is 13.0 Å². The number of nitrogens with one attached hydrogen (secondary N) is 1. The van der Waals surface area contributed by atoms with Crippen LogP contribution >= 0.6 is 0 Å². The molecule has 5 rings (SSSR count). The number of aryl methyl sites for hydroxylation is 1. The number of hydrogen-bond donors (Lipinski definition) is 1. The van der Waals surface area contributed by atoms with Gasteiger partial charge in [0, 0.05) is 36.8 Å². The summed E-state index contributed by atoms with van der Waals surface area (Å²) in [7, 11) is 2.21. The van der Waals surface area contributed by atoms with Gasteiger partial charge in [-0.3, -0.25) is 0 Å². The molecule has 0 amide bonds. The summed E-state index contributed by atoms with van der Waals surface area (Å²) >= 11 is 0. The van der Waals surface area contributed by atoms with Crippen molar-refractivity contribution in [3.63, 3.8) is 0 Å². The topological polar surface area (TPSA) is 36.9 Å². The summed E-state index contributed by atoms with van der Waals surface area (Å²) in [5, 5.41) is 1.39. The van der Waals surface area contributed by atoms with Crippen LogP contribution in [0.25, 0.3) is 33.7 Å². The van der Waals surface area contributed by atoms with E-state index in [-0.39, 0.29) is 0 Å². The van der Waals surface area contributed by atoms with E-state index >= 15 is 0 Å². The Kier molecular flexibility index (Phi) is 3.69. The zero-order valence-corrected chi connectivity index (χ0v) is 16.1. The summed E-state index contributed by atoms with van der Waals surface area (Å²) in [6.07, 6.45) is 5.14. The average molecular weight is 356 g/mol. The Morgan fingerprint density at radius 1 is 1.19 bits per heavy atom. The Labute approximate surface area is 159 Å². The zero-order chi connectivity index (χ0) is 18.5. The molecule has 0 fully saturated rings. The fraction of sp³-hybridized carbons (Fsp3) is 0.261. The number of fused-ring (bicyclic) bond motifs is 4. The molecule has 0 aliphatic carbocycles. The van der Waals surface area contributed by atoms with Crippen molar-refractivity contribution in [1.29, 1.82) is 0 Å². The van der Waals surface area contributed by atoms with Crippen molar-refractivity contribution in [3.05, 3.63) is 65.1 Å². The monoisotopic (exact) mass is 356 g/mol. The minimum absolute atomic E-state index is 1.01. The van der Waals surface area contributed by atoms with Crippen LogP contribution in [0.15, 0.2) is 42.7 Å². The van der Waals surface area contributed by atoms with E-state index in [0.29, 0.717) is 0 Å². The highest BCUT2D eigenvalue weighted by Crippen LogP contribution is 2.33. The van der Waals surface area contributed by atoms with Crippen LogP contribution in [-0.4, -0.2) is 33.0 Å². The van der Waals surface area contributed by atoms with E-state index in [9.17, 15) is 0 Å². The number of imidazole rings is 1. The summed E-state index contributed by atoms with van der Waals surface area (Å²) in [5.74, 6) is 0. The van der Waals surface area contributed by atoms with Gasteiger partial charge in [-0.15, -0.1) is 0 Å². The molecule has 1 aliphatic heterocycles. The summed E-state index contributed by atoms with van der Waals surface area (Å²) in [6, 6.07) is 13.2. The second-order valence-electron chi connectivity index (χ2n) is 7.75. The van der Waals surface area contributed by atoms with Gasteiger partial charge in [0.1, 0.15) is 0 Å². The van der Waals surface area contributed by atoms with Crippen molar-refractivity contribution in [3.8, 4) is 0 Å². The SMILES string of the molecule is CC(=Cn1c2c(c3cc(C)ccc31)CN(C)CC2)c1ccc2nc[nH]c2c1. The van der Waals surface area contributed by atoms with Crippen LogP contribution in [0.5, 0.6) is 0 Å². The normalized spacial score (nSPS) is 15.6. The Morgan fingerprint density at radius 3 is 2.96 bits per heavy atom. The molecule has 0 saturated carbocycles. The fourth-order valence-electron chi connectivity index (χ4n) is 4.24. The average Bonchev–Trinajstić information content (AvgIpc) is 3.24. The molecule has 136 valence electrons. The minimum atomic E-state index is 1.01. The van der Waals surface area contributed by atoms with Gasteiger partial charge in [-0.25, -0.2) is 4.98 Å². The highest BCUT2D eigenvalue weighted by Gasteiger charge is 2.21. The Balaban J connectivity index is 1.69. The number of rotatable bonds is 2. The number of nitrogens with zero attached hydrogens (tertiary/aromatic N) is 3. The highest BCUT2D eigenvalue weighted by atomic mass is 15.1. The lowest BCUT2D eigenvalue weighted by Crippen LogP contribution is -2.26. The van der Waals surface area contributed by atoms with Crippen molar-refractivity contribution in [2.75, 3.05) is 13.6 Å². The van der Waals surface area contributed by atoms with Gasteiger partial charge in [-0.05, 0) is 61.9 Å². The first-order chi connectivity index (χ1) is 13.1. The first-order valence-corrected chi connectivity index (χ1v) is 9.53. The number of aromatic amines is 1. The molecular weight excluding hydrogens is 332 g/mol. The maximum atomic E-state index is 4.32. The molecule has 0 spiro atoms. The van der Waals surface area contributed by atoms with Gasteiger partial charge >= 0.3 is 0 Å². The van der Waals surface area contributed by atoms with Crippen molar-refractivity contribution in [2.45, 2.75) is 26.8 Å². The standard InChI is InChI=1S/C23H24N4/c1-15-4-7-22-18(10-15)19-13-26(3)9-8-23(19)27(22)12-16(2)17-5-6-20-21(11-17)25-14-24-20/h4-7,10-12,14H,8-9,13H2,1-3H3,(H,24,25). The van der Waals surface area contributed by atoms with Crippen LogP contribution in [0.4, 0.5) is 0 Å². The number of allylic oxidation sites excluding steroid dienone is 1. The summed E-state index contributed by atoms with van der Waals surface area (Å²) in [5.41, 5.74) is 10.1. The third kappa shape index (κ3) is 2.68. The largest absolute Gasteiger partial charge is 0.345 e. The van der Waals surface area contributed by atoms with Gasteiger partial charge in [0.15, 0.2) is 0 Å².